The van der Waals surface area contributed by atoms with E-state index in [2.05, 4.69) is 30.3 Å². The number of sulfonamides is 1. The number of carbonyl (C=O) groups is 1. The second-order valence-corrected chi connectivity index (χ2v) is 11.6. The van der Waals surface area contributed by atoms with Crippen LogP contribution in [0.3, 0.4) is 0 Å². The first kappa shape index (κ1) is 26.7. The number of hydrogen-bond acceptors (Lipinski definition) is 8. The fourth-order valence-electron chi connectivity index (χ4n) is 3.79. The molecule has 0 spiro atoms. The Morgan fingerprint density at radius 1 is 1.05 bits per heavy atom. The number of ether oxygens (including phenoxy) is 1. The molecule has 0 aliphatic carbocycles. The molecule has 0 radical (unpaired) electrons. The van der Waals surface area contributed by atoms with E-state index >= 15 is 0 Å². The average molecular weight is 536 g/mol. The average Bonchev–Trinajstić information content (AvgIpc) is 3.33. The van der Waals surface area contributed by atoms with Crippen LogP contribution >= 0.6 is 0 Å². The molecule has 4 aromatic rings. The van der Waals surface area contributed by atoms with E-state index in [1.54, 1.807) is 47.5 Å². The number of benzene rings is 2. The third-order valence-electron chi connectivity index (χ3n) is 5.77. The maximum atomic E-state index is 13.4. The number of nitrogens with zero attached hydrogens (tertiary/aromatic N) is 5. The Hall–Kier alpha value is -4.32. The fraction of sp³-hybridized carbons (Fsp3) is 0.269. The van der Waals surface area contributed by atoms with Crippen LogP contribution in [0, 0.1) is 6.92 Å². The Bertz CT molecular complexity index is 1590. The van der Waals surface area contributed by atoms with Crippen molar-refractivity contribution in [2.75, 3.05) is 23.4 Å². The Morgan fingerprint density at radius 2 is 1.74 bits per heavy atom. The second-order valence-electron chi connectivity index (χ2n) is 9.86. The molecule has 1 amide bonds. The standard InChI is InChI=1S/C26H29N7O4S/c1-16-7-8-17(9-23(16)33-14-22(30-32-33)18-12-27-15-28-13-18)25(34)29-20-10-19(26(2,3)4)11-21(24(20)37-5)31-38(6,35)36/h7-15,31H,1-6H3,(H,29,34). The zero-order chi connectivity index (χ0) is 27.7. The minimum Gasteiger partial charge on any atom is -0.492 e. The van der Waals surface area contributed by atoms with E-state index in [1.165, 1.54) is 13.4 Å². The molecule has 198 valence electrons. The summed E-state index contributed by atoms with van der Waals surface area (Å²) in [6.07, 6.45) is 7.52. The molecule has 12 heteroatoms. The fourth-order valence-corrected chi connectivity index (χ4v) is 4.34. The summed E-state index contributed by atoms with van der Waals surface area (Å²) in [5.41, 5.74) is 4.29. The molecule has 0 saturated heterocycles. The number of nitrogens with one attached hydrogen (secondary N) is 2. The van der Waals surface area contributed by atoms with Crippen LogP contribution in [0.1, 0.15) is 42.3 Å². The largest absolute Gasteiger partial charge is 0.492 e. The number of aromatic nitrogens is 5. The van der Waals surface area contributed by atoms with Crippen LogP contribution in [0.5, 0.6) is 5.75 Å². The number of anilines is 2. The number of hydrogen-bond donors (Lipinski definition) is 2. The first-order valence-electron chi connectivity index (χ1n) is 11.7. The van der Waals surface area contributed by atoms with Gasteiger partial charge in [0.15, 0.2) is 5.75 Å². The van der Waals surface area contributed by atoms with Crippen LogP contribution in [0.25, 0.3) is 16.9 Å². The molecule has 0 atom stereocenters. The number of rotatable bonds is 7. The lowest BCUT2D eigenvalue weighted by molar-refractivity contribution is 0.102. The maximum absolute atomic E-state index is 13.4. The molecule has 38 heavy (non-hydrogen) atoms. The molecule has 2 N–H and O–H groups in total. The Kier molecular flexibility index (Phi) is 7.18. The van der Waals surface area contributed by atoms with E-state index in [0.29, 0.717) is 22.6 Å². The van der Waals surface area contributed by atoms with E-state index in [4.69, 9.17) is 4.74 Å². The van der Waals surface area contributed by atoms with Crippen molar-refractivity contribution in [3.63, 3.8) is 0 Å². The third kappa shape index (κ3) is 5.97. The highest BCUT2D eigenvalue weighted by atomic mass is 32.2. The molecule has 0 aliphatic rings. The van der Waals surface area contributed by atoms with Crippen molar-refractivity contribution >= 4 is 27.3 Å². The molecule has 11 nitrogen and oxygen atoms in total. The summed E-state index contributed by atoms with van der Waals surface area (Å²) in [7, 11) is -2.18. The number of aryl methyl sites for hydroxylation is 1. The molecule has 2 heterocycles. The van der Waals surface area contributed by atoms with E-state index in [9.17, 15) is 13.2 Å². The van der Waals surface area contributed by atoms with Crippen molar-refractivity contribution in [1.82, 2.24) is 25.0 Å². The highest BCUT2D eigenvalue weighted by Gasteiger charge is 2.23. The Labute approximate surface area is 221 Å². The number of carbonyl (C=O) groups excluding carboxylic acids is 1. The smallest absolute Gasteiger partial charge is 0.255 e. The predicted octanol–water partition coefficient (Wildman–Crippen LogP) is 3.96. The van der Waals surface area contributed by atoms with Gasteiger partial charge in [0, 0.05) is 23.5 Å². The molecule has 0 aliphatic heterocycles. The summed E-state index contributed by atoms with van der Waals surface area (Å²) >= 11 is 0. The van der Waals surface area contributed by atoms with Crippen LogP contribution in [0.4, 0.5) is 11.4 Å². The van der Waals surface area contributed by atoms with E-state index in [-0.39, 0.29) is 16.9 Å². The molecule has 0 fully saturated rings. The highest BCUT2D eigenvalue weighted by Crippen LogP contribution is 2.39. The third-order valence-corrected chi connectivity index (χ3v) is 6.36. The van der Waals surface area contributed by atoms with Gasteiger partial charge in [-0.15, -0.1) is 5.10 Å². The minimum atomic E-state index is -3.59. The number of methoxy groups -OCH3 is 1. The van der Waals surface area contributed by atoms with Crippen LogP contribution in [-0.4, -0.2) is 52.7 Å². The van der Waals surface area contributed by atoms with E-state index in [0.717, 1.165) is 22.9 Å². The zero-order valence-electron chi connectivity index (χ0n) is 22.0. The van der Waals surface area contributed by atoms with Gasteiger partial charge in [0.25, 0.3) is 5.91 Å². The van der Waals surface area contributed by atoms with E-state index < -0.39 is 15.9 Å². The van der Waals surface area contributed by atoms with Crippen molar-refractivity contribution in [3.8, 4) is 22.7 Å². The molecule has 4 rings (SSSR count). The summed E-state index contributed by atoms with van der Waals surface area (Å²) in [6.45, 7) is 7.88. The Morgan fingerprint density at radius 3 is 2.37 bits per heavy atom. The predicted molar refractivity (Wildman–Crippen MR) is 145 cm³/mol. The highest BCUT2D eigenvalue weighted by molar-refractivity contribution is 7.92. The summed E-state index contributed by atoms with van der Waals surface area (Å²) in [5, 5.41) is 11.3. The maximum Gasteiger partial charge on any atom is 0.255 e. The van der Waals surface area contributed by atoms with Crippen molar-refractivity contribution in [2.45, 2.75) is 33.1 Å². The van der Waals surface area contributed by atoms with Gasteiger partial charge in [-0.25, -0.2) is 23.1 Å². The van der Waals surface area contributed by atoms with Crippen LogP contribution in [0.15, 0.2) is 55.2 Å². The summed E-state index contributed by atoms with van der Waals surface area (Å²) in [5.74, 6) is -0.201. The van der Waals surface area contributed by atoms with Crippen molar-refractivity contribution in [1.29, 1.82) is 0 Å². The molecular weight excluding hydrogens is 506 g/mol. The molecule has 0 bridgehead atoms. The SMILES string of the molecule is COc1c(NC(=O)c2ccc(C)c(-n3cc(-c4cncnc4)nn3)c2)cc(C(C)(C)C)cc1NS(C)(=O)=O. The van der Waals surface area contributed by atoms with Crippen molar-refractivity contribution < 1.29 is 17.9 Å². The van der Waals surface area contributed by atoms with Gasteiger partial charge in [-0.1, -0.05) is 32.1 Å². The summed E-state index contributed by atoms with van der Waals surface area (Å²) < 4.78 is 33.6. The van der Waals surface area contributed by atoms with Gasteiger partial charge in [-0.2, -0.15) is 0 Å². The van der Waals surface area contributed by atoms with Gasteiger partial charge >= 0.3 is 0 Å². The molecule has 0 saturated carbocycles. The van der Waals surface area contributed by atoms with Gasteiger partial charge in [0.1, 0.15) is 12.0 Å². The minimum absolute atomic E-state index is 0.204. The lowest BCUT2D eigenvalue weighted by atomic mass is 9.86. The van der Waals surface area contributed by atoms with Crippen LogP contribution in [-0.2, 0) is 15.4 Å². The summed E-state index contributed by atoms with van der Waals surface area (Å²) in [6, 6.07) is 8.72. The topological polar surface area (TPSA) is 141 Å². The van der Waals surface area contributed by atoms with Gasteiger partial charge < -0.3 is 10.1 Å². The van der Waals surface area contributed by atoms with Gasteiger partial charge in [0.2, 0.25) is 10.0 Å². The molecular formula is C26H29N7O4S. The quantitative estimate of drug-likeness (QED) is 0.362. The Balaban J connectivity index is 1.70. The summed E-state index contributed by atoms with van der Waals surface area (Å²) in [4.78, 5) is 21.4. The van der Waals surface area contributed by atoms with Crippen LogP contribution < -0.4 is 14.8 Å². The van der Waals surface area contributed by atoms with Gasteiger partial charge in [-0.05, 0) is 47.7 Å². The second kappa shape index (κ2) is 10.2. The first-order chi connectivity index (χ1) is 17.9. The molecule has 0 unspecified atom stereocenters. The number of amides is 1. The lowest BCUT2D eigenvalue weighted by Gasteiger charge is -2.24. The normalized spacial score (nSPS) is 11.7. The van der Waals surface area contributed by atoms with E-state index in [1.807, 2.05) is 33.8 Å². The monoisotopic (exact) mass is 535 g/mol. The molecule has 2 aromatic heterocycles. The van der Waals surface area contributed by atoms with Gasteiger partial charge in [-0.3, -0.25) is 9.52 Å². The zero-order valence-corrected chi connectivity index (χ0v) is 22.8. The van der Waals surface area contributed by atoms with Crippen molar-refractivity contribution in [2.24, 2.45) is 0 Å². The lowest BCUT2D eigenvalue weighted by Crippen LogP contribution is -2.18. The van der Waals surface area contributed by atoms with Gasteiger partial charge in [0.05, 0.1) is 36.6 Å². The first-order valence-corrected chi connectivity index (χ1v) is 13.6. The van der Waals surface area contributed by atoms with Crippen LogP contribution in [0.2, 0.25) is 0 Å². The van der Waals surface area contributed by atoms with Crippen molar-refractivity contribution in [3.05, 3.63) is 71.9 Å². The molecule has 2 aromatic carbocycles.